The Balaban J connectivity index is 1.63. The van der Waals surface area contributed by atoms with Crippen LogP contribution in [0, 0.1) is 0 Å². The van der Waals surface area contributed by atoms with E-state index in [1.165, 1.54) is 6.92 Å². The minimum Gasteiger partial charge on any atom is -0.497 e. The molecule has 8 nitrogen and oxygen atoms in total. The largest absolute Gasteiger partial charge is 0.497 e. The van der Waals surface area contributed by atoms with Gasteiger partial charge >= 0.3 is 0 Å². The predicted octanol–water partition coefficient (Wildman–Crippen LogP) is 3.70. The number of fused-ring (bicyclic) bond motifs is 3. The van der Waals surface area contributed by atoms with E-state index in [2.05, 4.69) is 10.1 Å². The Morgan fingerprint density at radius 2 is 2.03 bits per heavy atom. The van der Waals surface area contributed by atoms with Gasteiger partial charge in [0.25, 0.3) is 0 Å². The molecule has 0 saturated heterocycles. The highest BCUT2D eigenvalue weighted by Crippen LogP contribution is 2.44. The van der Waals surface area contributed by atoms with Crippen molar-refractivity contribution in [2.24, 2.45) is 0 Å². The number of carbonyl (C=O) groups is 1. The van der Waals surface area contributed by atoms with E-state index < -0.39 is 5.92 Å². The monoisotopic (exact) mass is 416 g/mol. The maximum atomic E-state index is 12.5. The lowest BCUT2D eigenvalue weighted by Crippen LogP contribution is -2.21. The number of hydrogen-bond acceptors (Lipinski definition) is 7. The summed E-state index contributed by atoms with van der Waals surface area (Å²) >= 11 is 0. The summed E-state index contributed by atoms with van der Waals surface area (Å²) in [7, 11) is 1.64. The number of benzene rings is 1. The van der Waals surface area contributed by atoms with Crippen LogP contribution in [0.25, 0.3) is 5.65 Å². The molecule has 0 spiro atoms. The van der Waals surface area contributed by atoms with Gasteiger partial charge in [-0.1, -0.05) is 12.1 Å². The van der Waals surface area contributed by atoms with Gasteiger partial charge < -0.3 is 13.9 Å². The quantitative estimate of drug-likeness (QED) is 0.490. The van der Waals surface area contributed by atoms with Crippen molar-refractivity contribution in [1.82, 2.24) is 19.6 Å². The molecule has 0 fully saturated rings. The van der Waals surface area contributed by atoms with Gasteiger partial charge in [0, 0.05) is 12.0 Å². The van der Waals surface area contributed by atoms with Crippen molar-refractivity contribution in [3.8, 4) is 11.6 Å². The molecule has 8 heteroatoms. The molecule has 4 heterocycles. The molecule has 1 aliphatic rings. The molecule has 0 aliphatic carbocycles. The number of ether oxygens (including phenoxy) is 2. The molecular formula is C23H20N4O4. The first-order valence-electron chi connectivity index (χ1n) is 9.85. The third kappa shape index (κ3) is 3.26. The second-order valence-electron chi connectivity index (χ2n) is 7.36. The number of allylic oxidation sites excluding steroid dienone is 2. The highest BCUT2D eigenvalue weighted by molar-refractivity contribution is 5.97. The summed E-state index contributed by atoms with van der Waals surface area (Å²) in [5.74, 6) is 2.41. The van der Waals surface area contributed by atoms with E-state index in [9.17, 15) is 4.79 Å². The Bertz CT molecular complexity index is 1300. The van der Waals surface area contributed by atoms with Gasteiger partial charge in [0.2, 0.25) is 5.88 Å². The molecule has 31 heavy (non-hydrogen) atoms. The SMILES string of the molecule is COc1ccc(Cc2nc3c4c(ncn3n2)OC(C)=C(C(C)=O)[C@@H]4c2ccco2)cc1. The third-order valence-electron chi connectivity index (χ3n) is 5.37. The standard InChI is InChI=1S/C23H20N4O4/c1-13(28)19-14(2)31-23-21(20(19)17-5-4-10-30-17)22-25-18(26-27(22)12-24-23)11-15-6-8-16(29-3)9-7-15/h4-10,12,20H,11H2,1-3H3/t20-/m0/s1. The Hall–Kier alpha value is -3.94. The highest BCUT2D eigenvalue weighted by Gasteiger charge is 2.37. The van der Waals surface area contributed by atoms with E-state index in [1.54, 1.807) is 37.2 Å². The Morgan fingerprint density at radius 1 is 1.23 bits per heavy atom. The summed E-state index contributed by atoms with van der Waals surface area (Å²) < 4.78 is 18.4. The summed E-state index contributed by atoms with van der Waals surface area (Å²) in [6.07, 6.45) is 3.70. The van der Waals surface area contributed by atoms with Gasteiger partial charge in [-0.15, -0.1) is 5.10 Å². The average molecular weight is 416 g/mol. The zero-order valence-corrected chi connectivity index (χ0v) is 17.3. The van der Waals surface area contributed by atoms with Crippen LogP contribution in [0.2, 0.25) is 0 Å². The number of methoxy groups -OCH3 is 1. The van der Waals surface area contributed by atoms with Crippen molar-refractivity contribution >= 4 is 11.4 Å². The van der Waals surface area contributed by atoms with Crippen molar-refractivity contribution in [3.63, 3.8) is 0 Å². The lowest BCUT2D eigenvalue weighted by molar-refractivity contribution is -0.114. The van der Waals surface area contributed by atoms with Crippen LogP contribution in [-0.2, 0) is 11.2 Å². The molecule has 1 aliphatic heterocycles. The number of aromatic nitrogens is 4. The lowest BCUT2D eigenvalue weighted by atomic mass is 9.85. The van der Waals surface area contributed by atoms with Crippen molar-refractivity contribution < 1.29 is 18.7 Å². The second-order valence-corrected chi connectivity index (χ2v) is 7.36. The van der Waals surface area contributed by atoms with Gasteiger partial charge in [-0.2, -0.15) is 0 Å². The van der Waals surface area contributed by atoms with E-state index in [0.717, 1.165) is 11.3 Å². The molecule has 0 N–H and O–H groups in total. The van der Waals surface area contributed by atoms with Crippen molar-refractivity contribution in [2.75, 3.05) is 7.11 Å². The molecule has 3 aromatic heterocycles. The van der Waals surface area contributed by atoms with E-state index in [0.29, 0.717) is 46.4 Å². The molecule has 1 aromatic carbocycles. The highest BCUT2D eigenvalue weighted by atomic mass is 16.5. The first-order chi connectivity index (χ1) is 15.0. The third-order valence-corrected chi connectivity index (χ3v) is 5.37. The Morgan fingerprint density at radius 3 is 2.71 bits per heavy atom. The molecule has 0 radical (unpaired) electrons. The minimum absolute atomic E-state index is 0.0930. The molecule has 1 atom stereocenters. The molecule has 0 saturated carbocycles. The van der Waals surface area contributed by atoms with E-state index >= 15 is 0 Å². The summed E-state index contributed by atoms with van der Waals surface area (Å²) in [4.78, 5) is 21.7. The fourth-order valence-corrected chi connectivity index (χ4v) is 3.98. The number of hydrogen-bond donors (Lipinski definition) is 0. The molecular weight excluding hydrogens is 396 g/mol. The molecule has 0 amide bonds. The number of carbonyl (C=O) groups excluding carboxylic acids is 1. The summed E-state index contributed by atoms with van der Waals surface area (Å²) in [6.45, 7) is 3.29. The van der Waals surface area contributed by atoms with Crippen LogP contribution in [0.3, 0.4) is 0 Å². The normalized spacial score (nSPS) is 15.6. The second kappa shape index (κ2) is 7.39. The van der Waals surface area contributed by atoms with Gasteiger partial charge in [-0.25, -0.2) is 14.5 Å². The number of rotatable bonds is 5. The zero-order chi connectivity index (χ0) is 21.5. The van der Waals surface area contributed by atoms with Crippen molar-refractivity contribution in [2.45, 2.75) is 26.2 Å². The molecule has 0 bridgehead atoms. The van der Waals surface area contributed by atoms with Gasteiger partial charge in [-0.05, 0) is 43.7 Å². The Labute approximate surface area is 178 Å². The van der Waals surface area contributed by atoms with Crippen LogP contribution in [0.5, 0.6) is 11.6 Å². The van der Waals surface area contributed by atoms with Crippen LogP contribution in [0.4, 0.5) is 0 Å². The maximum absolute atomic E-state index is 12.5. The van der Waals surface area contributed by atoms with E-state index in [1.807, 2.05) is 30.3 Å². The first kappa shape index (κ1) is 19.0. The smallest absolute Gasteiger partial charge is 0.228 e. The number of nitrogens with zero attached hydrogens (tertiary/aromatic N) is 4. The Kier molecular flexibility index (Phi) is 4.54. The van der Waals surface area contributed by atoms with Gasteiger partial charge in [-0.3, -0.25) is 4.79 Å². The summed E-state index contributed by atoms with van der Waals surface area (Å²) in [6, 6.07) is 11.4. The number of ketones is 1. The molecule has 0 unspecified atom stereocenters. The average Bonchev–Trinajstić information content (AvgIpc) is 3.42. The number of furan rings is 1. The summed E-state index contributed by atoms with van der Waals surface area (Å²) in [5.41, 5.74) is 2.83. The maximum Gasteiger partial charge on any atom is 0.228 e. The van der Waals surface area contributed by atoms with Gasteiger partial charge in [0.05, 0.1) is 24.9 Å². The first-order valence-corrected chi connectivity index (χ1v) is 9.85. The minimum atomic E-state index is -0.467. The predicted molar refractivity (Wildman–Crippen MR) is 111 cm³/mol. The van der Waals surface area contributed by atoms with Crippen LogP contribution < -0.4 is 9.47 Å². The van der Waals surface area contributed by atoms with E-state index in [-0.39, 0.29) is 5.78 Å². The topological polar surface area (TPSA) is 91.8 Å². The fraction of sp³-hybridized carbons (Fsp3) is 0.217. The molecule has 4 aromatic rings. The van der Waals surface area contributed by atoms with Gasteiger partial charge in [0.15, 0.2) is 17.3 Å². The number of Topliss-reactive ketones (excluding diaryl/α,β-unsaturated/α-hetero) is 1. The van der Waals surface area contributed by atoms with E-state index in [4.69, 9.17) is 18.9 Å². The van der Waals surface area contributed by atoms with Gasteiger partial charge in [0.1, 0.15) is 23.6 Å². The van der Waals surface area contributed by atoms with Crippen LogP contribution in [0.1, 0.15) is 42.5 Å². The summed E-state index contributed by atoms with van der Waals surface area (Å²) in [5, 5.41) is 4.59. The zero-order valence-electron chi connectivity index (χ0n) is 17.3. The van der Waals surface area contributed by atoms with Crippen molar-refractivity contribution in [3.05, 3.63) is 83.0 Å². The molecule has 5 rings (SSSR count). The van der Waals surface area contributed by atoms with Crippen LogP contribution in [-0.4, -0.2) is 32.5 Å². The fourth-order valence-electron chi connectivity index (χ4n) is 3.98. The van der Waals surface area contributed by atoms with Crippen LogP contribution >= 0.6 is 0 Å². The lowest BCUT2D eigenvalue weighted by Gasteiger charge is -2.26. The van der Waals surface area contributed by atoms with Crippen molar-refractivity contribution in [1.29, 1.82) is 0 Å². The molecule has 156 valence electrons. The van der Waals surface area contributed by atoms with Crippen LogP contribution in [0.15, 0.2) is 64.7 Å².